The van der Waals surface area contributed by atoms with Gasteiger partial charge in [0, 0.05) is 0 Å². The van der Waals surface area contributed by atoms with Crippen LogP contribution in [0.1, 0.15) is 0 Å². The first kappa shape index (κ1) is 5.88. The number of hydrogen-bond acceptors (Lipinski definition) is 2. The summed E-state index contributed by atoms with van der Waals surface area (Å²) >= 11 is 0. The van der Waals surface area contributed by atoms with Crippen LogP contribution in [0.4, 0.5) is 0 Å². The maximum atomic E-state index is 9.86. The van der Waals surface area contributed by atoms with E-state index in [1.165, 1.54) is 0 Å². The van der Waals surface area contributed by atoms with Gasteiger partial charge in [0.25, 0.3) is 5.91 Å². The van der Waals surface area contributed by atoms with Gasteiger partial charge in [0.1, 0.15) is 0 Å². The summed E-state index contributed by atoms with van der Waals surface area (Å²) in [5, 5.41) is 0. The number of hydrogen-bond donors (Lipinski definition) is 1. The summed E-state index contributed by atoms with van der Waals surface area (Å²) in [5.74, 6) is -1.89. The van der Waals surface area contributed by atoms with Crippen LogP contribution in [0.25, 0.3) is 0 Å². The molecule has 0 atom stereocenters. The van der Waals surface area contributed by atoms with Crippen LogP contribution < -0.4 is 5.73 Å². The van der Waals surface area contributed by atoms with E-state index in [-0.39, 0.29) is 0 Å². The Morgan fingerprint density at radius 3 is 2.00 bits per heavy atom. The molecule has 2 N–H and O–H groups in total. The van der Waals surface area contributed by atoms with Gasteiger partial charge in [0.2, 0.25) is 5.78 Å². The molecule has 1 amide bonds. The van der Waals surface area contributed by atoms with Crippen LogP contribution in [0.2, 0.25) is 0 Å². The van der Waals surface area contributed by atoms with E-state index in [0.717, 1.165) is 0 Å². The van der Waals surface area contributed by atoms with Gasteiger partial charge in [-0.05, 0) is 6.08 Å². The molecule has 0 aliphatic heterocycles. The van der Waals surface area contributed by atoms with Gasteiger partial charge in [-0.25, -0.2) is 0 Å². The largest absolute Gasteiger partial charge is 0.363 e. The smallest absolute Gasteiger partial charge is 0.289 e. The molecule has 0 unspecified atom stereocenters. The van der Waals surface area contributed by atoms with Crippen molar-refractivity contribution in [3.8, 4) is 0 Å². The lowest BCUT2D eigenvalue weighted by atomic mass is 10.4. The van der Waals surface area contributed by atoms with Gasteiger partial charge in [-0.15, -0.1) is 0 Å². The summed E-state index contributed by atoms with van der Waals surface area (Å²) in [6, 6.07) is 0. The maximum absolute atomic E-state index is 9.86. The van der Waals surface area contributed by atoms with Crippen molar-refractivity contribution in [1.82, 2.24) is 0 Å². The van der Waals surface area contributed by atoms with Gasteiger partial charge in [0.15, 0.2) is 0 Å². The zero-order valence-corrected chi connectivity index (χ0v) is 3.55. The number of carbonyl (C=O) groups is 2. The second-order valence-corrected chi connectivity index (χ2v) is 0.895. The molecule has 0 spiro atoms. The molecule has 3 heteroatoms. The van der Waals surface area contributed by atoms with Crippen molar-refractivity contribution in [3.63, 3.8) is 0 Å². The van der Waals surface area contributed by atoms with E-state index in [1.807, 2.05) is 0 Å². The van der Waals surface area contributed by atoms with Crippen LogP contribution >= 0.6 is 0 Å². The van der Waals surface area contributed by atoms with Crippen molar-refractivity contribution >= 4 is 11.7 Å². The third-order valence-electron chi connectivity index (χ3n) is 0.394. The predicted octanol–water partition coefficient (Wildman–Crippen LogP) is -0.970. The fraction of sp³-hybridized carbons (Fsp3) is 0. The highest BCUT2D eigenvalue weighted by atomic mass is 16.2. The van der Waals surface area contributed by atoms with Gasteiger partial charge in [-0.3, -0.25) is 9.59 Å². The fourth-order valence-corrected chi connectivity index (χ4v) is 0.0821. The summed E-state index contributed by atoms with van der Waals surface area (Å²) in [7, 11) is 0. The first-order valence-electron chi connectivity index (χ1n) is 1.57. The molecule has 0 bridgehead atoms. The standard InChI is InChI=1S/C4H4NO2/c1-2-3(6)4(5)7/h1-2H,(H2,5,7). The SMILES string of the molecule is [CH]=CC(=O)C(N)=O. The minimum Gasteiger partial charge on any atom is -0.363 e. The summed E-state index contributed by atoms with van der Waals surface area (Å²) in [6.07, 6.45) is 0.627. The van der Waals surface area contributed by atoms with Crippen LogP contribution in [0.5, 0.6) is 0 Å². The number of primary amides is 1. The highest BCUT2D eigenvalue weighted by Crippen LogP contribution is 1.65. The zero-order valence-electron chi connectivity index (χ0n) is 3.55. The predicted molar refractivity (Wildman–Crippen MR) is 23.1 cm³/mol. The molecule has 37 valence electrons. The highest BCUT2D eigenvalue weighted by Gasteiger charge is 1.99. The molecule has 0 aromatic heterocycles. The summed E-state index contributed by atoms with van der Waals surface area (Å²) in [5.41, 5.74) is 4.45. The Balaban J connectivity index is 3.81. The van der Waals surface area contributed by atoms with Crippen molar-refractivity contribution < 1.29 is 9.59 Å². The minimum atomic E-state index is -1.03. The number of carbonyl (C=O) groups excluding carboxylic acids is 2. The Hall–Kier alpha value is -1.12. The molecule has 0 rings (SSSR count). The van der Waals surface area contributed by atoms with Crippen molar-refractivity contribution in [1.29, 1.82) is 0 Å². The van der Waals surface area contributed by atoms with Crippen LogP contribution in [-0.2, 0) is 9.59 Å². The molecular formula is C4H4NO2. The topological polar surface area (TPSA) is 60.2 Å². The Morgan fingerprint density at radius 2 is 2.00 bits per heavy atom. The lowest BCUT2D eigenvalue weighted by molar-refractivity contribution is -0.133. The van der Waals surface area contributed by atoms with Crippen molar-refractivity contribution in [2.45, 2.75) is 0 Å². The van der Waals surface area contributed by atoms with Crippen LogP contribution in [0, 0.1) is 6.58 Å². The molecule has 0 aliphatic rings. The van der Waals surface area contributed by atoms with Gasteiger partial charge in [-0.2, -0.15) is 0 Å². The van der Waals surface area contributed by atoms with E-state index >= 15 is 0 Å². The van der Waals surface area contributed by atoms with E-state index < -0.39 is 11.7 Å². The lowest BCUT2D eigenvalue weighted by Gasteiger charge is -1.77. The molecule has 0 fully saturated rings. The number of ketones is 1. The van der Waals surface area contributed by atoms with E-state index in [2.05, 4.69) is 12.3 Å². The number of nitrogens with two attached hydrogens (primary N) is 1. The maximum Gasteiger partial charge on any atom is 0.289 e. The minimum absolute atomic E-state index is 0.627. The average molecular weight is 98.1 g/mol. The summed E-state index contributed by atoms with van der Waals surface area (Å²) < 4.78 is 0. The molecule has 0 saturated carbocycles. The second kappa shape index (κ2) is 2.12. The van der Waals surface area contributed by atoms with Crippen molar-refractivity contribution in [2.24, 2.45) is 5.73 Å². The summed E-state index contributed by atoms with van der Waals surface area (Å²) in [4.78, 5) is 19.5. The zero-order chi connectivity index (χ0) is 5.86. The van der Waals surface area contributed by atoms with Crippen LogP contribution in [-0.4, -0.2) is 11.7 Å². The van der Waals surface area contributed by atoms with Gasteiger partial charge in [-0.1, -0.05) is 6.58 Å². The lowest BCUT2D eigenvalue weighted by Crippen LogP contribution is -2.20. The monoisotopic (exact) mass is 98.0 g/mol. The van der Waals surface area contributed by atoms with Crippen molar-refractivity contribution in [3.05, 3.63) is 12.7 Å². The van der Waals surface area contributed by atoms with E-state index in [4.69, 9.17) is 0 Å². The third kappa shape index (κ3) is 1.70. The van der Waals surface area contributed by atoms with E-state index in [0.29, 0.717) is 6.08 Å². The third-order valence-corrected chi connectivity index (χ3v) is 0.394. The van der Waals surface area contributed by atoms with Crippen molar-refractivity contribution in [2.75, 3.05) is 0 Å². The molecule has 0 heterocycles. The molecule has 0 aliphatic carbocycles. The fourth-order valence-electron chi connectivity index (χ4n) is 0.0821. The van der Waals surface area contributed by atoms with Crippen LogP contribution in [0.3, 0.4) is 0 Å². The first-order valence-corrected chi connectivity index (χ1v) is 1.57. The molecule has 1 radical (unpaired) electrons. The normalized spacial score (nSPS) is 7.43. The Morgan fingerprint density at radius 1 is 1.57 bits per heavy atom. The summed E-state index contributed by atoms with van der Waals surface area (Å²) in [6.45, 7) is 4.60. The van der Waals surface area contributed by atoms with Crippen LogP contribution in [0.15, 0.2) is 6.08 Å². The average Bonchev–Trinajstić information content (AvgIpc) is 1.65. The molecule has 0 aromatic carbocycles. The van der Waals surface area contributed by atoms with Gasteiger partial charge in [0.05, 0.1) is 0 Å². The van der Waals surface area contributed by atoms with E-state index in [1.54, 1.807) is 0 Å². The molecular weight excluding hydrogens is 94.0 g/mol. The van der Waals surface area contributed by atoms with E-state index in [9.17, 15) is 9.59 Å². The Kier molecular flexibility index (Phi) is 1.78. The number of amides is 1. The molecule has 7 heavy (non-hydrogen) atoms. The second-order valence-electron chi connectivity index (χ2n) is 0.895. The quantitative estimate of drug-likeness (QED) is 0.357. The first-order chi connectivity index (χ1) is 3.18. The number of rotatable bonds is 2. The molecule has 0 aromatic rings. The van der Waals surface area contributed by atoms with Gasteiger partial charge < -0.3 is 5.73 Å². The Labute approximate surface area is 40.8 Å². The highest BCUT2D eigenvalue weighted by molar-refractivity contribution is 6.39. The van der Waals surface area contributed by atoms with Gasteiger partial charge >= 0.3 is 0 Å². The molecule has 3 nitrogen and oxygen atoms in total. The molecule has 0 saturated heterocycles. The Bertz CT molecular complexity index is 117.